The Labute approximate surface area is 182 Å². The zero-order valence-electron chi connectivity index (χ0n) is 19.4. The third kappa shape index (κ3) is 6.46. The number of aliphatic imine (C=N–C) groups is 1. The number of likely N-dealkylation sites (tertiary alicyclic amines) is 1. The fraction of sp³-hybridized carbons (Fsp3) is 0.783. The number of hydrogen-bond donors (Lipinski definition) is 2. The number of piperidine rings is 1. The Morgan fingerprint density at radius 3 is 2.47 bits per heavy atom. The Kier molecular flexibility index (Phi) is 8.60. The molecule has 2 fully saturated rings. The van der Waals surface area contributed by atoms with Crippen LogP contribution in [0.1, 0.15) is 57.6 Å². The van der Waals surface area contributed by atoms with Crippen LogP contribution in [0.2, 0.25) is 0 Å². The molecule has 0 bridgehead atoms. The van der Waals surface area contributed by atoms with Crippen LogP contribution in [0.3, 0.4) is 0 Å². The van der Waals surface area contributed by atoms with Gasteiger partial charge in [0.2, 0.25) is 0 Å². The molecule has 2 saturated heterocycles. The van der Waals surface area contributed by atoms with Crippen LogP contribution in [-0.4, -0.2) is 80.3 Å². The lowest BCUT2D eigenvalue weighted by Crippen LogP contribution is -2.50. The second-order valence-electron chi connectivity index (χ2n) is 9.05. The van der Waals surface area contributed by atoms with Crippen LogP contribution < -0.4 is 10.6 Å². The van der Waals surface area contributed by atoms with Gasteiger partial charge in [-0.15, -0.1) is 0 Å². The first-order valence-electron chi connectivity index (χ1n) is 11.6. The van der Waals surface area contributed by atoms with Crippen LogP contribution in [0, 0.1) is 6.92 Å². The number of ether oxygens (including phenoxy) is 1. The molecule has 1 atom stereocenters. The molecule has 0 saturated carbocycles. The third-order valence-electron chi connectivity index (χ3n) is 6.22. The average Bonchev–Trinajstić information content (AvgIpc) is 3.19. The largest absolute Gasteiger partial charge is 0.465 e. The summed E-state index contributed by atoms with van der Waals surface area (Å²) in [5.74, 6) is 2.84. The fourth-order valence-electron chi connectivity index (χ4n) is 4.34. The van der Waals surface area contributed by atoms with E-state index in [1.807, 2.05) is 13.0 Å². The van der Waals surface area contributed by atoms with Crippen molar-refractivity contribution in [2.75, 3.05) is 59.0 Å². The summed E-state index contributed by atoms with van der Waals surface area (Å²) >= 11 is 0. The average molecular weight is 420 g/mol. The van der Waals surface area contributed by atoms with E-state index in [-0.39, 0.29) is 11.6 Å². The van der Waals surface area contributed by atoms with E-state index in [0.717, 1.165) is 63.4 Å². The van der Waals surface area contributed by atoms with Gasteiger partial charge in [-0.2, -0.15) is 0 Å². The summed E-state index contributed by atoms with van der Waals surface area (Å²) < 4.78 is 11.6. The van der Waals surface area contributed by atoms with Crippen molar-refractivity contribution in [3.05, 3.63) is 23.7 Å². The highest BCUT2D eigenvalue weighted by atomic mass is 16.5. The number of hydrogen-bond acceptors (Lipinski definition) is 5. The van der Waals surface area contributed by atoms with Gasteiger partial charge < -0.3 is 19.8 Å². The van der Waals surface area contributed by atoms with E-state index in [1.54, 1.807) is 0 Å². The molecule has 2 N–H and O–H groups in total. The summed E-state index contributed by atoms with van der Waals surface area (Å²) in [6.07, 6.45) is 3.96. The highest BCUT2D eigenvalue weighted by Crippen LogP contribution is 2.24. The highest BCUT2D eigenvalue weighted by Gasteiger charge is 2.28. The summed E-state index contributed by atoms with van der Waals surface area (Å²) in [5.41, 5.74) is 0.0739. The van der Waals surface area contributed by atoms with Gasteiger partial charge in [-0.05, 0) is 65.8 Å². The van der Waals surface area contributed by atoms with Gasteiger partial charge in [0.15, 0.2) is 5.96 Å². The van der Waals surface area contributed by atoms with Gasteiger partial charge in [0.05, 0.1) is 25.8 Å². The van der Waals surface area contributed by atoms with E-state index < -0.39 is 0 Å². The van der Waals surface area contributed by atoms with Crippen LogP contribution in [-0.2, 0) is 4.74 Å². The second-order valence-corrected chi connectivity index (χ2v) is 9.05. The molecule has 0 radical (unpaired) electrons. The van der Waals surface area contributed by atoms with Crippen molar-refractivity contribution in [2.45, 2.75) is 58.5 Å². The van der Waals surface area contributed by atoms with E-state index in [4.69, 9.17) is 14.1 Å². The van der Waals surface area contributed by atoms with Gasteiger partial charge in [0, 0.05) is 31.7 Å². The number of guanidine groups is 1. The van der Waals surface area contributed by atoms with Crippen molar-refractivity contribution in [1.29, 1.82) is 0 Å². The maximum atomic E-state index is 6.00. The third-order valence-corrected chi connectivity index (χ3v) is 6.22. The maximum Gasteiger partial charge on any atom is 0.191 e. The topological polar surface area (TPSA) is 65.3 Å². The number of aryl methyl sites for hydroxylation is 1. The Hall–Kier alpha value is -1.57. The molecule has 3 heterocycles. The Morgan fingerprint density at radius 1 is 1.10 bits per heavy atom. The molecule has 170 valence electrons. The standard InChI is InChI=1S/C23H41N5O2/c1-5-24-22(26-18-23(3,4)28-11-7-6-8-12-28)25-17-20(21-10-9-19(2)30-21)27-13-15-29-16-14-27/h9-10,20H,5-8,11-18H2,1-4H3,(H2,24,25,26). The smallest absolute Gasteiger partial charge is 0.191 e. The Bertz CT molecular complexity index is 660. The molecule has 0 spiro atoms. The van der Waals surface area contributed by atoms with Crippen LogP contribution in [0.4, 0.5) is 0 Å². The van der Waals surface area contributed by atoms with Crippen molar-refractivity contribution >= 4 is 5.96 Å². The molecule has 30 heavy (non-hydrogen) atoms. The molecule has 7 nitrogen and oxygen atoms in total. The number of nitrogens with zero attached hydrogens (tertiary/aromatic N) is 3. The van der Waals surface area contributed by atoms with E-state index in [1.165, 1.54) is 32.4 Å². The van der Waals surface area contributed by atoms with E-state index >= 15 is 0 Å². The zero-order valence-corrected chi connectivity index (χ0v) is 19.4. The molecular formula is C23H41N5O2. The lowest BCUT2D eigenvalue weighted by molar-refractivity contribution is 0.0124. The predicted octanol–water partition coefficient (Wildman–Crippen LogP) is 2.78. The molecule has 0 aliphatic carbocycles. The Balaban J connectivity index is 1.65. The normalized spacial score (nSPS) is 20.9. The fourth-order valence-corrected chi connectivity index (χ4v) is 4.34. The lowest BCUT2D eigenvalue weighted by Gasteiger charge is -2.40. The summed E-state index contributed by atoms with van der Waals surface area (Å²) in [5, 5.41) is 7.00. The predicted molar refractivity (Wildman–Crippen MR) is 122 cm³/mol. The van der Waals surface area contributed by atoms with Crippen LogP contribution >= 0.6 is 0 Å². The summed E-state index contributed by atoms with van der Waals surface area (Å²) in [6.45, 7) is 16.9. The first-order valence-corrected chi connectivity index (χ1v) is 11.6. The van der Waals surface area contributed by atoms with E-state index in [9.17, 15) is 0 Å². The van der Waals surface area contributed by atoms with Gasteiger partial charge in [0.1, 0.15) is 11.5 Å². The van der Waals surface area contributed by atoms with Crippen molar-refractivity contribution in [3.63, 3.8) is 0 Å². The quantitative estimate of drug-likeness (QED) is 0.499. The molecular weight excluding hydrogens is 378 g/mol. The van der Waals surface area contributed by atoms with Gasteiger partial charge in [-0.1, -0.05) is 6.42 Å². The van der Waals surface area contributed by atoms with Crippen molar-refractivity contribution in [3.8, 4) is 0 Å². The number of morpholine rings is 1. The molecule has 2 aliphatic rings. The SMILES string of the molecule is CCNC(=NCC(C)(C)N1CCCCC1)NCC(c1ccc(C)o1)N1CCOCC1. The van der Waals surface area contributed by atoms with Gasteiger partial charge in [-0.25, -0.2) is 0 Å². The monoisotopic (exact) mass is 419 g/mol. The molecule has 3 rings (SSSR count). The summed E-state index contributed by atoms with van der Waals surface area (Å²) in [6, 6.07) is 4.31. The summed E-state index contributed by atoms with van der Waals surface area (Å²) in [4.78, 5) is 9.98. The minimum Gasteiger partial charge on any atom is -0.465 e. The molecule has 0 amide bonds. The minimum atomic E-state index is 0.0739. The zero-order chi connectivity index (χ0) is 21.4. The summed E-state index contributed by atoms with van der Waals surface area (Å²) in [7, 11) is 0. The van der Waals surface area contributed by atoms with Crippen molar-refractivity contribution in [1.82, 2.24) is 20.4 Å². The number of rotatable bonds is 8. The molecule has 2 aliphatic heterocycles. The first-order chi connectivity index (χ1) is 14.5. The Morgan fingerprint density at radius 2 is 1.83 bits per heavy atom. The lowest BCUT2D eigenvalue weighted by atomic mass is 9.99. The molecule has 1 aromatic rings. The molecule has 7 heteroatoms. The van der Waals surface area contributed by atoms with E-state index in [0.29, 0.717) is 0 Å². The molecule has 0 aromatic carbocycles. The van der Waals surface area contributed by atoms with E-state index in [2.05, 4.69) is 47.3 Å². The molecule has 1 aromatic heterocycles. The highest BCUT2D eigenvalue weighted by molar-refractivity contribution is 5.79. The van der Waals surface area contributed by atoms with Crippen LogP contribution in [0.5, 0.6) is 0 Å². The van der Waals surface area contributed by atoms with Crippen LogP contribution in [0.25, 0.3) is 0 Å². The van der Waals surface area contributed by atoms with Gasteiger partial charge in [0.25, 0.3) is 0 Å². The van der Waals surface area contributed by atoms with Gasteiger partial charge in [-0.3, -0.25) is 14.8 Å². The number of furan rings is 1. The number of nitrogens with one attached hydrogen (secondary N) is 2. The van der Waals surface area contributed by atoms with Crippen molar-refractivity contribution in [2.24, 2.45) is 4.99 Å². The first kappa shape index (κ1) is 23.1. The minimum absolute atomic E-state index is 0.0739. The second kappa shape index (κ2) is 11.2. The maximum absolute atomic E-state index is 6.00. The van der Waals surface area contributed by atoms with Crippen LogP contribution in [0.15, 0.2) is 21.5 Å². The van der Waals surface area contributed by atoms with Gasteiger partial charge >= 0.3 is 0 Å². The molecule has 1 unspecified atom stereocenters. The van der Waals surface area contributed by atoms with Crippen molar-refractivity contribution < 1.29 is 9.15 Å².